The van der Waals surface area contributed by atoms with Gasteiger partial charge in [-0.1, -0.05) is 24.6 Å². The minimum Gasteiger partial charge on any atom is -0.507 e. The molecular weight excluding hydrogens is 614 g/mol. The van der Waals surface area contributed by atoms with Gasteiger partial charge in [-0.05, 0) is 18.4 Å². The van der Waals surface area contributed by atoms with E-state index in [2.05, 4.69) is 4.99 Å². The monoisotopic (exact) mass is 645 g/mol. The number of piperidine rings is 1. The number of halogens is 1. The minimum atomic E-state index is -3.71. The van der Waals surface area contributed by atoms with E-state index in [1.807, 2.05) is 6.07 Å². The van der Waals surface area contributed by atoms with Gasteiger partial charge in [0.05, 0.1) is 32.1 Å². The summed E-state index contributed by atoms with van der Waals surface area (Å²) in [5, 5.41) is 11.4. The van der Waals surface area contributed by atoms with Crippen molar-refractivity contribution in [2.24, 2.45) is 16.8 Å². The van der Waals surface area contributed by atoms with Crippen molar-refractivity contribution in [3.05, 3.63) is 62.2 Å². The summed E-state index contributed by atoms with van der Waals surface area (Å²) in [5.41, 5.74) is -1.40. The molecule has 4 unspecified atom stereocenters. The van der Waals surface area contributed by atoms with E-state index in [1.54, 1.807) is 17.6 Å². The van der Waals surface area contributed by atoms with Crippen LogP contribution in [0.1, 0.15) is 41.7 Å². The van der Waals surface area contributed by atoms with E-state index in [1.165, 1.54) is 30.7 Å². The number of allylic oxidation sites excluding steroid dienone is 1. The van der Waals surface area contributed by atoms with Crippen molar-refractivity contribution in [2.75, 3.05) is 39.6 Å². The van der Waals surface area contributed by atoms with Crippen molar-refractivity contribution >= 4 is 39.4 Å². The van der Waals surface area contributed by atoms with E-state index in [9.17, 15) is 27.9 Å². The number of aliphatic hydroxyl groups excluding tert-OH is 1. The van der Waals surface area contributed by atoms with Crippen LogP contribution in [0.4, 0.5) is 0 Å². The number of pyridine rings is 1. The molecule has 1 aromatic heterocycles. The highest BCUT2D eigenvalue weighted by atomic mass is 35.5. The number of hydrogen-bond donors (Lipinski definition) is 1. The molecular formula is C30H32ClN3O9S. The van der Waals surface area contributed by atoms with Crippen LogP contribution in [0.3, 0.4) is 0 Å². The lowest BCUT2D eigenvalue weighted by atomic mass is 9.73. The van der Waals surface area contributed by atoms with Crippen LogP contribution in [-0.4, -0.2) is 85.4 Å². The number of rotatable bonds is 7. The molecule has 234 valence electrons. The molecule has 0 radical (unpaired) electrons. The Kier molecular flexibility index (Phi) is 7.61. The Morgan fingerprint density at radius 3 is 2.64 bits per heavy atom. The average Bonchev–Trinajstić information content (AvgIpc) is 3.31. The highest BCUT2D eigenvalue weighted by molar-refractivity contribution is 7.89. The first-order valence-corrected chi connectivity index (χ1v) is 16.2. The molecule has 1 spiro atoms. The number of aliphatic hydroxyl groups is 1. The predicted molar refractivity (Wildman–Crippen MR) is 161 cm³/mol. The van der Waals surface area contributed by atoms with Gasteiger partial charge < -0.3 is 23.9 Å². The largest absolute Gasteiger partial charge is 0.507 e. The Bertz CT molecular complexity index is 1800. The predicted octanol–water partition coefficient (Wildman–Crippen LogP) is 2.77. The third-order valence-corrected chi connectivity index (χ3v) is 11.2. The third-order valence-electron chi connectivity index (χ3n) is 9.05. The number of ketones is 2. The molecule has 44 heavy (non-hydrogen) atoms. The Hall–Kier alpha value is -3.68. The highest BCUT2D eigenvalue weighted by Gasteiger charge is 2.61. The maximum atomic E-state index is 13.8. The number of aromatic nitrogens is 1. The number of sulfonamides is 1. The fourth-order valence-corrected chi connectivity index (χ4v) is 8.55. The van der Waals surface area contributed by atoms with Gasteiger partial charge in [-0.25, -0.2) is 12.7 Å². The lowest BCUT2D eigenvalue weighted by Gasteiger charge is -2.42. The van der Waals surface area contributed by atoms with Crippen LogP contribution in [0.15, 0.2) is 45.4 Å². The van der Waals surface area contributed by atoms with Gasteiger partial charge in [0.2, 0.25) is 21.4 Å². The second kappa shape index (κ2) is 11.0. The zero-order valence-corrected chi connectivity index (χ0v) is 26.0. The Labute approximate surface area is 258 Å². The second-order valence-electron chi connectivity index (χ2n) is 11.6. The zero-order chi connectivity index (χ0) is 31.6. The molecule has 1 saturated heterocycles. The van der Waals surface area contributed by atoms with Gasteiger partial charge in [0.15, 0.2) is 17.3 Å². The Morgan fingerprint density at radius 1 is 1.16 bits per heavy atom. The zero-order valence-electron chi connectivity index (χ0n) is 24.4. The van der Waals surface area contributed by atoms with Gasteiger partial charge >= 0.3 is 0 Å². The number of Topliss-reactive ketones (excluding diaryl/α,β-unsaturated/α-hetero) is 2. The van der Waals surface area contributed by atoms with Crippen LogP contribution in [0.2, 0.25) is 5.02 Å². The normalized spacial score (nSPS) is 26.6. The van der Waals surface area contributed by atoms with E-state index < -0.39 is 38.9 Å². The third kappa shape index (κ3) is 4.63. The van der Waals surface area contributed by atoms with Gasteiger partial charge in [-0.3, -0.25) is 19.4 Å². The number of nitrogens with zero attached hydrogens (tertiary/aromatic N) is 3. The fraction of sp³-hybridized carbons (Fsp3) is 0.467. The molecule has 6 rings (SSSR count). The first-order chi connectivity index (χ1) is 20.9. The maximum Gasteiger partial charge on any atom is 0.250 e. The quantitative estimate of drug-likeness (QED) is 0.448. The number of ether oxygens (including phenoxy) is 3. The van der Waals surface area contributed by atoms with E-state index in [0.29, 0.717) is 13.1 Å². The Balaban J connectivity index is 1.22. The van der Waals surface area contributed by atoms with Crippen LogP contribution in [-0.2, 0) is 21.4 Å². The summed E-state index contributed by atoms with van der Waals surface area (Å²) in [6, 6.07) is 6.52. The Morgan fingerprint density at radius 2 is 1.91 bits per heavy atom. The van der Waals surface area contributed by atoms with Crippen molar-refractivity contribution in [3.63, 3.8) is 0 Å². The SMILES string of the molecule is COc1cc(OC)c2c(c1Cl)OC1(C2=O)C(O)=C(C=NCCS(=O)(=O)N2CC3CC(C2)c2cccc(=O)n2C3)C(=O)CC1C. The smallest absolute Gasteiger partial charge is 0.250 e. The molecule has 2 bridgehead atoms. The number of methoxy groups -OCH3 is 2. The fourth-order valence-electron chi connectivity index (χ4n) is 6.84. The lowest BCUT2D eigenvalue weighted by molar-refractivity contribution is -0.118. The molecule has 4 aliphatic rings. The number of carbonyl (C=O) groups is 2. The first-order valence-electron chi connectivity index (χ1n) is 14.3. The molecule has 2 aromatic rings. The van der Waals surface area contributed by atoms with Gasteiger partial charge in [-0.15, -0.1) is 0 Å². The second-order valence-corrected chi connectivity index (χ2v) is 14.1. The molecule has 4 atom stereocenters. The lowest BCUT2D eigenvalue weighted by Crippen LogP contribution is -2.52. The van der Waals surface area contributed by atoms with Crippen LogP contribution in [0, 0.1) is 11.8 Å². The van der Waals surface area contributed by atoms with E-state index in [-0.39, 0.29) is 76.1 Å². The van der Waals surface area contributed by atoms with Crippen molar-refractivity contribution in [3.8, 4) is 17.2 Å². The van der Waals surface area contributed by atoms with Gasteiger partial charge in [0, 0.05) is 61.9 Å². The molecule has 12 nitrogen and oxygen atoms in total. The molecule has 14 heteroatoms. The van der Waals surface area contributed by atoms with Crippen LogP contribution in [0.5, 0.6) is 17.2 Å². The number of hydrogen-bond acceptors (Lipinski definition) is 10. The molecule has 3 aliphatic heterocycles. The summed E-state index contributed by atoms with van der Waals surface area (Å²) in [4.78, 5) is 43.3. The summed E-state index contributed by atoms with van der Waals surface area (Å²) < 4.78 is 46.5. The van der Waals surface area contributed by atoms with Crippen LogP contribution >= 0.6 is 11.6 Å². The molecule has 0 amide bonds. The summed E-state index contributed by atoms with van der Waals surface area (Å²) in [7, 11) is -0.950. The molecule has 4 heterocycles. The summed E-state index contributed by atoms with van der Waals surface area (Å²) >= 11 is 6.46. The minimum absolute atomic E-state index is 0.0169. The van der Waals surface area contributed by atoms with Crippen LogP contribution in [0.25, 0.3) is 0 Å². The average molecular weight is 646 g/mol. The topological polar surface area (TPSA) is 154 Å². The van der Waals surface area contributed by atoms with Gasteiger partial charge in [-0.2, -0.15) is 0 Å². The van der Waals surface area contributed by atoms with Crippen molar-refractivity contribution in [2.45, 2.75) is 37.8 Å². The maximum absolute atomic E-state index is 13.8. The molecule has 0 saturated carbocycles. The van der Waals surface area contributed by atoms with Crippen LogP contribution < -0.4 is 19.8 Å². The molecule has 1 aromatic carbocycles. The highest BCUT2D eigenvalue weighted by Crippen LogP contribution is 2.54. The molecule has 1 aliphatic carbocycles. The van der Waals surface area contributed by atoms with E-state index in [0.717, 1.165) is 18.3 Å². The van der Waals surface area contributed by atoms with Crippen molar-refractivity contribution < 1.29 is 37.3 Å². The number of benzene rings is 1. The first kappa shape index (κ1) is 30.4. The van der Waals surface area contributed by atoms with Gasteiger partial charge in [0.25, 0.3) is 5.56 Å². The standard InChI is InChI=1S/C30H32ClN3O9S/c1-16-9-21(35)19(28(37)30(16)29(38)25-22(41-2)11-23(42-3)26(31)27(25)43-30)12-32-7-8-44(39,40)33-13-17-10-18(15-33)20-5-4-6-24(36)34(20)14-17/h4-6,11-12,16-18,37H,7-10,13-15H2,1-3H3. The van der Waals surface area contributed by atoms with Crippen molar-refractivity contribution in [1.82, 2.24) is 8.87 Å². The number of carbonyl (C=O) groups excluding carboxylic acids is 2. The summed E-state index contributed by atoms with van der Waals surface area (Å²) in [6.07, 6.45) is 1.78. The molecule has 1 N–H and O–H groups in total. The van der Waals surface area contributed by atoms with E-state index in [4.69, 9.17) is 25.8 Å². The summed E-state index contributed by atoms with van der Waals surface area (Å²) in [6.45, 7) is 2.49. The number of fused-ring (bicyclic) bond motifs is 5. The summed E-state index contributed by atoms with van der Waals surface area (Å²) in [5.74, 6) is -2.53. The van der Waals surface area contributed by atoms with E-state index >= 15 is 0 Å². The molecule has 1 fully saturated rings. The van der Waals surface area contributed by atoms with Crippen molar-refractivity contribution in [1.29, 1.82) is 0 Å². The van der Waals surface area contributed by atoms with Gasteiger partial charge in [0.1, 0.15) is 22.1 Å². The number of aliphatic imine (C=N–C) groups is 1.